The highest BCUT2D eigenvalue weighted by Gasteiger charge is 2.24. The highest BCUT2D eigenvalue weighted by molar-refractivity contribution is 6.31. The topological polar surface area (TPSA) is 67.5 Å². The predicted molar refractivity (Wildman–Crippen MR) is 84.9 cm³/mol. The lowest BCUT2D eigenvalue weighted by Crippen LogP contribution is -2.33. The number of halogens is 1. The van der Waals surface area contributed by atoms with Crippen LogP contribution < -0.4 is 11.1 Å². The van der Waals surface area contributed by atoms with Crippen LogP contribution in [0.2, 0.25) is 5.02 Å². The van der Waals surface area contributed by atoms with Crippen molar-refractivity contribution in [1.29, 1.82) is 0 Å². The van der Waals surface area contributed by atoms with E-state index >= 15 is 0 Å². The Morgan fingerprint density at radius 2 is 2.00 bits per heavy atom. The normalized spacial score (nSPS) is 17.6. The number of fused-ring (bicyclic) bond motifs is 1. The van der Waals surface area contributed by atoms with Gasteiger partial charge in [0.05, 0.1) is 11.4 Å². The molecule has 1 aliphatic heterocycles. The second kappa shape index (κ2) is 5.31. The third kappa shape index (κ3) is 2.55. The van der Waals surface area contributed by atoms with E-state index in [4.69, 9.17) is 17.3 Å². The number of rotatable bonds is 1. The fraction of sp³-hybridized carbons (Fsp3) is 0.125. The molecule has 0 radical (unpaired) electrons. The Balaban J connectivity index is 2.25. The van der Waals surface area contributed by atoms with Crippen LogP contribution in [0.3, 0.4) is 0 Å². The van der Waals surface area contributed by atoms with E-state index in [0.29, 0.717) is 10.7 Å². The fourth-order valence-corrected chi connectivity index (χ4v) is 2.55. The molecule has 0 fully saturated rings. The summed E-state index contributed by atoms with van der Waals surface area (Å²) in [5.41, 5.74) is 9.90. The van der Waals surface area contributed by atoms with Crippen LogP contribution in [0, 0.1) is 6.92 Å². The number of benzene rings is 2. The summed E-state index contributed by atoms with van der Waals surface area (Å²) in [5, 5.41) is 3.46. The standard InChI is InChI=1S/C16H14ClN3O/c1-9-4-2-7-12-13(9)20-16(21)15(18)19-14(12)10-5-3-6-11(17)8-10/h2-8,15H,18H2,1H3,(H,20,21). The van der Waals surface area contributed by atoms with Crippen LogP contribution >= 0.6 is 11.6 Å². The molecule has 1 atom stereocenters. The third-order valence-corrected chi connectivity index (χ3v) is 3.65. The van der Waals surface area contributed by atoms with E-state index in [1.807, 2.05) is 43.3 Å². The summed E-state index contributed by atoms with van der Waals surface area (Å²) in [5.74, 6) is -0.317. The van der Waals surface area contributed by atoms with E-state index in [9.17, 15) is 4.79 Å². The Labute approximate surface area is 127 Å². The van der Waals surface area contributed by atoms with Crippen LogP contribution in [0.25, 0.3) is 0 Å². The van der Waals surface area contributed by atoms with Gasteiger partial charge in [-0.1, -0.05) is 41.9 Å². The molecule has 5 heteroatoms. The molecule has 106 valence electrons. The van der Waals surface area contributed by atoms with E-state index in [2.05, 4.69) is 10.3 Å². The lowest BCUT2D eigenvalue weighted by atomic mass is 9.98. The molecule has 1 amide bonds. The number of benzodiazepines with no additional fused rings is 1. The van der Waals surface area contributed by atoms with Gasteiger partial charge in [-0.2, -0.15) is 0 Å². The molecule has 3 rings (SSSR count). The molecule has 0 saturated heterocycles. The van der Waals surface area contributed by atoms with Crippen molar-refractivity contribution in [2.75, 3.05) is 5.32 Å². The first-order valence-electron chi connectivity index (χ1n) is 6.56. The van der Waals surface area contributed by atoms with Crippen molar-refractivity contribution in [1.82, 2.24) is 0 Å². The van der Waals surface area contributed by atoms with Crippen molar-refractivity contribution in [2.45, 2.75) is 13.1 Å². The maximum atomic E-state index is 12.0. The van der Waals surface area contributed by atoms with Crippen LogP contribution in [-0.2, 0) is 4.79 Å². The zero-order valence-electron chi connectivity index (χ0n) is 11.4. The summed E-state index contributed by atoms with van der Waals surface area (Å²) in [6, 6.07) is 13.1. The van der Waals surface area contributed by atoms with E-state index in [-0.39, 0.29) is 5.91 Å². The molecule has 1 aliphatic rings. The molecule has 4 nitrogen and oxygen atoms in total. The van der Waals surface area contributed by atoms with Crippen LogP contribution in [-0.4, -0.2) is 17.8 Å². The Kier molecular flexibility index (Phi) is 3.49. The number of aryl methyl sites for hydroxylation is 1. The second-order valence-electron chi connectivity index (χ2n) is 4.92. The lowest BCUT2D eigenvalue weighted by molar-refractivity contribution is -0.117. The van der Waals surface area contributed by atoms with Crippen molar-refractivity contribution >= 4 is 28.9 Å². The predicted octanol–water partition coefficient (Wildman–Crippen LogP) is 2.72. The first-order chi connectivity index (χ1) is 10.1. The molecule has 2 aromatic rings. The number of hydrogen-bond donors (Lipinski definition) is 2. The van der Waals surface area contributed by atoms with Gasteiger partial charge in [0.1, 0.15) is 0 Å². The number of nitrogens with one attached hydrogen (secondary N) is 1. The molecule has 3 N–H and O–H groups in total. The molecule has 21 heavy (non-hydrogen) atoms. The van der Waals surface area contributed by atoms with Crippen molar-refractivity contribution in [3.05, 3.63) is 64.2 Å². The van der Waals surface area contributed by atoms with E-state index < -0.39 is 6.17 Å². The average Bonchev–Trinajstić information content (AvgIpc) is 2.58. The lowest BCUT2D eigenvalue weighted by Gasteiger charge is -2.12. The Morgan fingerprint density at radius 1 is 1.24 bits per heavy atom. The molecule has 0 spiro atoms. The van der Waals surface area contributed by atoms with Gasteiger partial charge in [0.2, 0.25) is 0 Å². The van der Waals surface area contributed by atoms with Crippen molar-refractivity contribution in [3.8, 4) is 0 Å². The van der Waals surface area contributed by atoms with Gasteiger partial charge >= 0.3 is 0 Å². The Morgan fingerprint density at radius 3 is 2.76 bits per heavy atom. The number of nitrogens with zero attached hydrogens (tertiary/aromatic N) is 1. The van der Waals surface area contributed by atoms with Gasteiger partial charge in [-0.05, 0) is 24.6 Å². The minimum atomic E-state index is -0.939. The molecular formula is C16H14ClN3O. The highest BCUT2D eigenvalue weighted by Crippen LogP contribution is 2.27. The Bertz CT molecular complexity index is 755. The summed E-state index contributed by atoms with van der Waals surface area (Å²) in [6.07, 6.45) is -0.939. The van der Waals surface area contributed by atoms with Crippen LogP contribution in [0.1, 0.15) is 16.7 Å². The smallest absolute Gasteiger partial charge is 0.263 e. The quantitative estimate of drug-likeness (QED) is 0.850. The Hall–Kier alpha value is -2.17. The van der Waals surface area contributed by atoms with Crippen molar-refractivity contribution < 1.29 is 4.79 Å². The average molecular weight is 300 g/mol. The number of carbonyl (C=O) groups is 1. The maximum absolute atomic E-state index is 12.0. The molecule has 0 aliphatic carbocycles. The summed E-state index contributed by atoms with van der Waals surface area (Å²) >= 11 is 6.06. The largest absolute Gasteiger partial charge is 0.322 e. The number of carbonyl (C=O) groups excluding carboxylic acids is 1. The van der Waals surface area contributed by atoms with E-state index in [1.165, 1.54) is 0 Å². The number of aliphatic imine (C=N–C) groups is 1. The minimum absolute atomic E-state index is 0.317. The van der Waals surface area contributed by atoms with E-state index in [1.54, 1.807) is 6.07 Å². The molecule has 2 aromatic carbocycles. The monoisotopic (exact) mass is 299 g/mol. The molecule has 0 saturated carbocycles. The third-order valence-electron chi connectivity index (χ3n) is 3.41. The van der Waals surface area contributed by atoms with Gasteiger partial charge in [0.25, 0.3) is 5.91 Å². The first kappa shape index (κ1) is 13.8. The summed E-state index contributed by atoms with van der Waals surface area (Å²) < 4.78 is 0. The van der Waals surface area contributed by atoms with Crippen LogP contribution in [0.15, 0.2) is 47.5 Å². The summed E-state index contributed by atoms with van der Waals surface area (Å²) in [6.45, 7) is 1.94. The molecule has 1 heterocycles. The summed E-state index contributed by atoms with van der Waals surface area (Å²) in [4.78, 5) is 16.4. The molecule has 0 bridgehead atoms. The van der Waals surface area contributed by atoms with Gasteiger partial charge in [0.15, 0.2) is 6.17 Å². The fourth-order valence-electron chi connectivity index (χ4n) is 2.36. The number of anilines is 1. The number of hydrogen-bond acceptors (Lipinski definition) is 3. The molecule has 1 unspecified atom stereocenters. The molecular weight excluding hydrogens is 286 g/mol. The second-order valence-corrected chi connectivity index (χ2v) is 5.36. The summed E-state index contributed by atoms with van der Waals surface area (Å²) in [7, 11) is 0. The number of para-hydroxylation sites is 1. The number of nitrogens with two attached hydrogens (primary N) is 1. The van der Waals surface area contributed by atoms with Gasteiger partial charge in [0, 0.05) is 16.1 Å². The first-order valence-corrected chi connectivity index (χ1v) is 6.94. The van der Waals surface area contributed by atoms with E-state index in [0.717, 1.165) is 22.4 Å². The molecule has 0 aromatic heterocycles. The number of amides is 1. The SMILES string of the molecule is Cc1cccc2c1NC(=O)C(N)N=C2c1cccc(Cl)c1. The van der Waals surface area contributed by atoms with Gasteiger partial charge in [-0.15, -0.1) is 0 Å². The zero-order chi connectivity index (χ0) is 15.0. The highest BCUT2D eigenvalue weighted by atomic mass is 35.5. The van der Waals surface area contributed by atoms with Gasteiger partial charge < -0.3 is 11.1 Å². The minimum Gasteiger partial charge on any atom is -0.322 e. The maximum Gasteiger partial charge on any atom is 0.263 e. The van der Waals surface area contributed by atoms with Crippen molar-refractivity contribution in [3.63, 3.8) is 0 Å². The van der Waals surface area contributed by atoms with Crippen LogP contribution in [0.5, 0.6) is 0 Å². The van der Waals surface area contributed by atoms with Crippen LogP contribution in [0.4, 0.5) is 5.69 Å². The van der Waals surface area contributed by atoms with Gasteiger partial charge in [-0.3, -0.25) is 9.79 Å². The van der Waals surface area contributed by atoms with Crippen molar-refractivity contribution in [2.24, 2.45) is 10.7 Å². The van der Waals surface area contributed by atoms with Gasteiger partial charge in [-0.25, -0.2) is 0 Å². The zero-order valence-corrected chi connectivity index (χ0v) is 12.2.